The molecule has 0 aromatic carbocycles. The largest absolute Gasteiger partial charge is 0.119 e. The molecule has 0 spiro atoms. The maximum Gasteiger partial charge on any atom is 0.0472 e. The minimum Gasteiger partial charge on any atom is -0.119 e. The third kappa shape index (κ3) is 3.16. The SMILES string of the molecule is CCCCC(C)(Cl)C(C)(C)C(C)C. The lowest BCUT2D eigenvalue weighted by Gasteiger charge is -2.43. The molecule has 0 aromatic rings. The fraction of sp³-hybridized carbons (Fsp3) is 1.00. The van der Waals surface area contributed by atoms with Crippen LogP contribution in [0.2, 0.25) is 0 Å². The van der Waals surface area contributed by atoms with Gasteiger partial charge >= 0.3 is 0 Å². The fourth-order valence-electron chi connectivity index (χ4n) is 1.43. The Morgan fingerprint density at radius 3 is 1.92 bits per heavy atom. The second-order valence-corrected chi connectivity index (χ2v) is 6.01. The molecule has 1 unspecified atom stereocenters. The molecule has 0 aliphatic heterocycles. The molecule has 1 heteroatoms. The number of rotatable bonds is 5. The minimum absolute atomic E-state index is 0.0584. The van der Waals surface area contributed by atoms with Crippen LogP contribution in [0.25, 0.3) is 0 Å². The van der Waals surface area contributed by atoms with Crippen LogP contribution in [0.3, 0.4) is 0 Å². The van der Waals surface area contributed by atoms with Crippen molar-refractivity contribution in [1.29, 1.82) is 0 Å². The minimum atomic E-state index is -0.0584. The smallest absolute Gasteiger partial charge is 0.0472 e. The van der Waals surface area contributed by atoms with E-state index in [9.17, 15) is 0 Å². The van der Waals surface area contributed by atoms with E-state index >= 15 is 0 Å². The lowest BCUT2D eigenvalue weighted by Crippen LogP contribution is -2.40. The summed E-state index contributed by atoms with van der Waals surface area (Å²) in [7, 11) is 0. The van der Waals surface area contributed by atoms with Crippen LogP contribution in [0.1, 0.15) is 60.8 Å². The highest BCUT2D eigenvalue weighted by Gasteiger charge is 2.40. The zero-order valence-electron chi connectivity index (χ0n) is 10.1. The Bertz CT molecular complexity index is 145. The normalized spacial score (nSPS) is 17.5. The Labute approximate surface area is 89.1 Å². The first-order valence-corrected chi connectivity index (χ1v) is 5.82. The lowest BCUT2D eigenvalue weighted by molar-refractivity contribution is 0.164. The molecule has 0 aromatic heterocycles. The van der Waals surface area contributed by atoms with Gasteiger partial charge in [-0.3, -0.25) is 0 Å². The zero-order chi connectivity index (χ0) is 10.7. The molecule has 0 aliphatic carbocycles. The predicted octanol–water partition coefficient (Wildman–Crippen LogP) is 4.86. The summed E-state index contributed by atoms with van der Waals surface area (Å²) in [4.78, 5) is -0.0584. The van der Waals surface area contributed by atoms with Gasteiger partial charge < -0.3 is 0 Å². The van der Waals surface area contributed by atoms with E-state index in [1.165, 1.54) is 12.8 Å². The van der Waals surface area contributed by atoms with Crippen LogP contribution in [-0.2, 0) is 0 Å². The van der Waals surface area contributed by atoms with E-state index in [4.69, 9.17) is 11.6 Å². The second kappa shape index (κ2) is 4.68. The number of unbranched alkanes of at least 4 members (excludes halogenated alkanes) is 1. The number of hydrogen-bond acceptors (Lipinski definition) is 0. The van der Waals surface area contributed by atoms with Gasteiger partial charge in [0, 0.05) is 4.87 Å². The summed E-state index contributed by atoms with van der Waals surface area (Å²) >= 11 is 6.60. The highest BCUT2D eigenvalue weighted by Crippen LogP contribution is 2.45. The van der Waals surface area contributed by atoms with Crippen LogP contribution < -0.4 is 0 Å². The van der Waals surface area contributed by atoms with E-state index in [0.29, 0.717) is 5.92 Å². The van der Waals surface area contributed by atoms with E-state index in [0.717, 1.165) is 6.42 Å². The molecule has 0 bridgehead atoms. The van der Waals surface area contributed by atoms with Gasteiger partial charge in [-0.1, -0.05) is 47.5 Å². The standard InChI is InChI=1S/C12H25Cl/c1-7-8-9-12(6,13)11(4,5)10(2)3/h10H,7-9H2,1-6H3. The topological polar surface area (TPSA) is 0 Å². The number of alkyl halides is 1. The van der Waals surface area contributed by atoms with Crippen LogP contribution in [-0.4, -0.2) is 4.87 Å². The monoisotopic (exact) mass is 204 g/mol. The van der Waals surface area contributed by atoms with Crippen molar-refractivity contribution in [3.05, 3.63) is 0 Å². The summed E-state index contributed by atoms with van der Waals surface area (Å²) < 4.78 is 0. The maximum absolute atomic E-state index is 6.60. The summed E-state index contributed by atoms with van der Waals surface area (Å²) in [6.45, 7) is 13.5. The number of halogens is 1. The van der Waals surface area contributed by atoms with Gasteiger partial charge in [-0.25, -0.2) is 0 Å². The van der Waals surface area contributed by atoms with E-state index in [1.54, 1.807) is 0 Å². The molecule has 0 aliphatic rings. The average Bonchev–Trinajstić information content (AvgIpc) is 2.00. The molecule has 0 rings (SSSR count). The van der Waals surface area contributed by atoms with Crippen molar-refractivity contribution >= 4 is 11.6 Å². The molecule has 0 N–H and O–H groups in total. The van der Waals surface area contributed by atoms with Crippen LogP contribution in [0, 0.1) is 11.3 Å². The first-order chi connectivity index (χ1) is 5.75. The maximum atomic E-state index is 6.60. The molecule has 1 atom stereocenters. The average molecular weight is 205 g/mol. The quantitative estimate of drug-likeness (QED) is 0.562. The second-order valence-electron chi connectivity index (χ2n) is 5.18. The Morgan fingerprint density at radius 1 is 1.15 bits per heavy atom. The molecule has 80 valence electrons. The fourth-order valence-corrected chi connectivity index (χ4v) is 1.78. The summed E-state index contributed by atoms with van der Waals surface area (Å²) in [6.07, 6.45) is 3.59. The molecule has 0 heterocycles. The van der Waals surface area contributed by atoms with Gasteiger partial charge in [0.15, 0.2) is 0 Å². The third-order valence-corrected chi connectivity index (χ3v) is 4.46. The van der Waals surface area contributed by atoms with Crippen molar-refractivity contribution in [2.45, 2.75) is 65.7 Å². The van der Waals surface area contributed by atoms with Gasteiger partial charge in [0.2, 0.25) is 0 Å². The highest BCUT2D eigenvalue weighted by molar-refractivity contribution is 6.24. The Morgan fingerprint density at radius 2 is 1.62 bits per heavy atom. The first-order valence-electron chi connectivity index (χ1n) is 5.44. The van der Waals surface area contributed by atoms with Gasteiger partial charge in [0.05, 0.1) is 0 Å². The van der Waals surface area contributed by atoms with Crippen molar-refractivity contribution < 1.29 is 0 Å². The molecule has 0 saturated heterocycles. The summed E-state index contributed by atoms with van der Waals surface area (Å²) in [6, 6.07) is 0. The molecule has 0 fully saturated rings. The molecular weight excluding hydrogens is 180 g/mol. The predicted molar refractivity (Wildman–Crippen MR) is 62.4 cm³/mol. The van der Waals surface area contributed by atoms with Gasteiger partial charge in [-0.2, -0.15) is 0 Å². The molecule has 0 nitrogen and oxygen atoms in total. The van der Waals surface area contributed by atoms with Crippen LogP contribution in [0.4, 0.5) is 0 Å². The lowest BCUT2D eigenvalue weighted by atomic mass is 9.69. The van der Waals surface area contributed by atoms with Crippen LogP contribution >= 0.6 is 11.6 Å². The van der Waals surface area contributed by atoms with Crippen LogP contribution in [0.5, 0.6) is 0 Å². The van der Waals surface area contributed by atoms with Gasteiger partial charge in [-0.05, 0) is 24.7 Å². The number of hydrogen-bond donors (Lipinski definition) is 0. The molecule has 13 heavy (non-hydrogen) atoms. The molecule has 0 radical (unpaired) electrons. The molecule has 0 saturated carbocycles. The zero-order valence-corrected chi connectivity index (χ0v) is 10.8. The van der Waals surface area contributed by atoms with Gasteiger partial charge in [0.25, 0.3) is 0 Å². The van der Waals surface area contributed by atoms with E-state index < -0.39 is 0 Å². The summed E-state index contributed by atoms with van der Waals surface area (Å²) in [5, 5.41) is 0. The Balaban J connectivity index is 4.41. The molecule has 0 amide bonds. The first kappa shape index (κ1) is 13.3. The van der Waals surface area contributed by atoms with Crippen molar-refractivity contribution in [2.24, 2.45) is 11.3 Å². The van der Waals surface area contributed by atoms with Crippen molar-refractivity contribution in [1.82, 2.24) is 0 Å². The van der Waals surface area contributed by atoms with E-state index in [-0.39, 0.29) is 10.3 Å². The van der Waals surface area contributed by atoms with Crippen LogP contribution in [0.15, 0.2) is 0 Å². The highest BCUT2D eigenvalue weighted by atomic mass is 35.5. The molecular formula is C12H25Cl. The van der Waals surface area contributed by atoms with Crippen molar-refractivity contribution in [3.8, 4) is 0 Å². The summed E-state index contributed by atoms with van der Waals surface area (Å²) in [5.74, 6) is 0.631. The Kier molecular flexibility index (Phi) is 4.79. The third-order valence-electron chi connectivity index (χ3n) is 3.79. The van der Waals surface area contributed by atoms with Gasteiger partial charge in [0.1, 0.15) is 0 Å². The van der Waals surface area contributed by atoms with Crippen molar-refractivity contribution in [3.63, 3.8) is 0 Å². The van der Waals surface area contributed by atoms with E-state index in [1.807, 2.05) is 0 Å². The van der Waals surface area contributed by atoms with Gasteiger partial charge in [-0.15, -0.1) is 11.6 Å². The summed E-state index contributed by atoms with van der Waals surface area (Å²) in [5.41, 5.74) is 0.212. The Hall–Kier alpha value is 0.290. The van der Waals surface area contributed by atoms with E-state index in [2.05, 4.69) is 41.5 Å². The van der Waals surface area contributed by atoms with Crippen molar-refractivity contribution in [2.75, 3.05) is 0 Å².